The number of carbonyl (C=O) groups excluding carboxylic acids is 2. The molecule has 0 aliphatic carbocycles. The van der Waals surface area contributed by atoms with Crippen LogP contribution in [0.1, 0.15) is 53.8 Å². The van der Waals surface area contributed by atoms with Gasteiger partial charge in [0.2, 0.25) is 0 Å². The van der Waals surface area contributed by atoms with Gasteiger partial charge in [-0.05, 0) is 73.8 Å². The fourth-order valence-corrected chi connectivity index (χ4v) is 4.82. The highest BCUT2D eigenvalue weighted by atomic mass is 16.2. The molecule has 3 aromatic carbocycles. The number of carbonyl (C=O) groups is 2. The Morgan fingerprint density at radius 1 is 0.811 bits per heavy atom. The van der Waals surface area contributed by atoms with Crippen LogP contribution in [0.2, 0.25) is 0 Å². The van der Waals surface area contributed by atoms with Crippen LogP contribution < -0.4 is 15.5 Å². The Hall–Kier alpha value is -3.64. The minimum Gasteiger partial charge on any atom is -0.371 e. The van der Waals surface area contributed by atoms with Gasteiger partial charge in [-0.3, -0.25) is 9.59 Å². The molecule has 194 valence electrons. The zero-order chi connectivity index (χ0) is 26.0. The lowest BCUT2D eigenvalue weighted by atomic mass is 10.0. The minimum absolute atomic E-state index is 0.101. The van der Waals surface area contributed by atoms with Gasteiger partial charge >= 0.3 is 0 Å². The van der Waals surface area contributed by atoms with E-state index >= 15 is 0 Å². The first-order chi connectivity index (χ1) is 18.1. The molecule has 6 heteroatoms. The van der Waals surface area contributed by atoms with Crippen molar-refractivity contribution in [2.75, 3.05) is 49.5 Å². The molecule has 1 aliphatic rings. The Morgan fingerprint density at radius 3 is 2.16 bits per heavy atom. The molecular weight excluding hydrogens is 460 g/mol. The van der Waals surface area contributed by atoms with Crippen molar-refractivity contribution >= 4 is 23.2 Å². The molecule has 1 aliphatic heterocycles. The number of likely N-dealkylation sites (N-methyl/N-ethyl adjacent to an activating group) is 1. The molecule has 0 aromatic heterocycles. The number of hydrogen-bond donors (Lipinski definition) is 2. The Labute approximate surface area is 220 Å². The van der Waals surface area contributed by atoms with Gasteiger partial charge < -0.3 is 20.4 Å². The predicted octanol–water partition coefficient (Wildman–Crippen LogP) is 5.67. The maximum absolute atomic E-state index is 13.3. The van der Waals surface area contributed by atoms with Crippen molar-refractivity contribution in [3.05, 3.63) is 83.9 Å². The van der Waals surface area contributed by atoms with Crippen LogP contribution in [0, 0.1) is 0 Å². The van der Waals surface area contributed by atoms with Crippen molar-refractivity contribution in [3.8, 4) is 11.1 Å². The third-order valence-corrected chi connectivity index (χ3v) is 7.06. The summed E-state index contributed by atoms with van der Waals surface area (Å²) in [4.78, 5) is 30.9. The molecular formula is C31H38N4O2. The summed E-state index contributed by atoms with van der Waals surface area (Å²) in [6.45, 7) is 9.46. The second kappa shape index (κ2) is 13.1. The molecule has 6 nitrogen and oxygen atoms in total. The Balaban J connectivity index is 1.49. The molecule has 3 aromatic rings. The van der Waals surface area contributed by atoms with Gasteiger partial charge in [-0.2, -0.15) is 0 Å². The Morgan fingerprint density at radius 2 is 1.49 bits per heavy atom. The summed E-state index contributed by atoms with van der Waals surface area (Å²) >= 11 is 0. The smallest absolute Gasteiger partial charge is 0.255 e. The van der Waals surface area contributed by atoms with Crippen LogP contribution in [0.25, 0.3) is 11.1 Å². The molecule has 0 radical (unpaired) electrons. The van der Waals surface area contributed by atoms with Crippen LogP contribution in [0.15, 0.2) is 72.8 Å². The summed E-state index contributed by atoms with van der Waals surface area (Å²) in [7, 11) is 0. The van der Waals surface area contributed by atoms with Gasteiger partial charge in [-0.25, -0.2) is 0 Å². The van der Waals surface area contributed by atoms with E-state index in [0.29, 0.717) is 23.4 Å². The van der Waals surface area contributed by atoms with Crippen molar-refractivity contribution in [1.82, 2.24) is 10.2 Å². The largest absolute Gasteiger partial charge is 0.371 e. The lowest BCUT2D eigenvalue weighted by Gasteiger charge is -2.30. The van der Waals surface area contributed by atoms with E-state index in [1.807, 2.05) is 72.8 Å². The van der Waals surface area contributed by atoms with E-state index in [1.54, 1.807) is 0 Å². The third kappa shape index (κ3) is 6.98. The average Bonchev–Trinajstić information content (AvgIpc) is 2.96. The molecule has 0 unspecified atom stereocenters. The maximum atomic E-state index is 13.3. The highest BCUT2D eigenvalue weighted by Crippen LogP contribution is 2.28. The normalized spacial score (nSPS) is 13.4. The lowest BCUT2D eigenvalue weighted by Crippen LogP contribution is -2.36. The Bertz CT molecular complexity index is 1170. The number of amides is 2. The van der Waals surface area contributed by atoms with E-state index in [-0.39, 0.29) is 11.8 Å². The van der Waals surface area contributed by atoms with E-state index in [2.05, 4.69) is 34.3 Å². The highest BCUT2D eigenvalue weighted by molar-refractivity contribution is 6.06. The van der Waals surface area contributed by atoms with Gasteiger partial charge in [-0.15, -0.1) is 0 Å². The van der Waals surface area contributed by atoms with E-state index in [4.69, 9.17) is 0 Å². The van der Waals surface area contributed by atoms with Crippen molar-refractivity contribution < 1.29 is 9.59 Å². The number of benzene rings is 3. The van der Waals surface area contributed by atoms with Crippen molar-refractivity contribution in [2.45, 2.75) is 33.1 Å². The fraction of sp³-hybridized carbons (Fsp3) is 0.355. The predicted molar refractivity (Wildman–Crippen MR) is 152 cm³/mol. The summed E-state index contributed by atoms with van der Waals surface area (Å²) < 4.78 is 0. The number of rotatable bonds is 10. The van der Waals surface area contributed by atoms with E-state index in [9.17, 15) is 9.59 Å². The number of nitrogens with one attached hydrogen (secondary N) is 2. The summed E-state index contributed by atoms with van der Waals surface area (Å²) in [5.41, 5.74) is 4.91. The van der Waals surface area contributed by atoms with Crippen molar-refractivity contribution in [2.24, 2.45) is 0 Å². The number of nitrogens with zero attached hydrogens (tertiary/aromatic N) is 2. The minimum atomic E-state index is -0.196. The molecule has 4 rings (SSSR count). The van der Waals surface area contributed by atoms with Gasteiger partial charge in [0.1, 0.15) is 0 Å². The molecule has 2 N–H and O–H groups in total. The Kier molecular flexibility index (Phi) is 9.33. The SMILES string of the molecule is CCN(CC)CCNC(=O)c1cc(NC(=O)c2ccc(-c3ccccc3)cc2)ccc1N1CCCCC1. The topological polar surface area (TPSA) is 64.7 Å². The van der Waals surface area contributed by atoms with Gasteiger partial charge in [-0.1, -0.05) is 56.3 Å². The quantitative estimate of drug-likeness (QED) is 0.378. The van der Waals surface area contributed by atoms with Gasteiger partial charge in [0.25, 0.3) is 11.8 Å². The zero-order valence-electron chi connectivity index (χ0n) is 22.0. The summed E-state index contributed by atoms with van der Waals surface area (Å²) in [5.74, 6) is -0.297. The first-order valence-electron chi connectivity index (χ1n) is 13.5. The molecule has 37 heavy (non-hydrogen) atoms. The van der Waals surface area contributed by atoms with E-state index < -0.39 is 0 Å². The monoisotopic (exact) mass is 498 g/mol. The second-order valence-electron chi connectivity index (χ2n) is 9.46. The first kappa shape index (κ1) is 26.4. The summed E-state index contributed by atoms with van der Waals surface area (Å²) in [5, 5.41) is 6.08. The molecule has 0 saturated carbocycles. The molecule has 0 atom stereocenters. The number of anilines is 2. The average molecular weight is 499 g/mol. The molecule has 0 bridgehead atoms. The van der Waals surface area contributed by atoms with Crippen LogP contribution in [0.4, 0.5) is 11.4 Å². The molecule has 1 heterocycles. The van der Waals surface area contributed by atoms with E-state index in [1.165, 1.54) is 6.42 Å². The molecule has 0 spiro atoms. The molecule has 1 fully saturated rings. The van der Waals surface area contributed by atoms with E-state index in [0.717, 1.165) is 62.4 Å². The van der Waals surface area contributed by atoms with Gasteiger partial charge in [0.05, 0.1) is 5.56 Å². The second-order valence-corrected chi connectivity index (χ2v) is 9.46. The van der Waals surface area contributed by atoms with Crippen molar-refractivity contribution in [1.29, 1.82) is 0 Å². The van der Waals surface area contributed by atoms with Crippen LogP contribution in [-0.2, 0) is 0 Å². The fourth-order valence-electron chi connectivity index (χ4n) is 4.82. The van der Waals surface area contributed by atoms with Gasteiger partial charge in [0, 0.05) is 43.1 Å². The van der Waals surface area contributed by atoms with Crippen LogP contribution >= 0.6 is 0 Å². The number of hydrogen-bond acceptors (Lipinski definition) is 4. The summed E-state index contributed by atoms with van der Waals surface area (Å²) in [6, 6.07) is 23.3. The summed E-state index contributed by atoms with van der Waals surface area (Å²) in [6.07, 6.45) is 3.47. The van der Waals surface area contributed by atoms with Crippen LogP contribution in [0.5, 0.6) is 0 Å². The molecule has 2 amide bonds. The van der Waals surface area contributed by atoms with Crippen molar-refractivity contribution in [3.63, 3.8) is 0 Å². The third-order valence-electron chi connectivity index (χ3n) is 7.06. The maximum Gasteiger partial charge on any atom is 0.255 e. The lowest BCUT2D eigenvalue weighted by molar-refractivity contribution is 0.0948. The molecule has 1 saturated heterocycles. The van der Waals surface area contributed by atoms with Crippen LogP contribution in [-0.4, -0.2) is 56.0 Å². The zero-order valence-corrected chi connectivity index (χ0v) is 22.0. The standard InChI is InChI=1S/C31H38N4O2/c1-3-34(4-2)22-19-32-31(37)28-23-27(17-18-29(28)35-20-9-6-10-21-35)33-30(36)26-15-13-25(14-16-26)24-11-7-5-8-12-24/h5,7-8,11-18,23H,3-4,6,9-10,19-22H2,1-2H3,(H,32,37)(H,33,36). The first-order valence-corrected chi connectivity index (χ1v) is 13.5. The number of piperidine rings is 1. The van der Waals surface area contributed by atoms with Gasteiger partial charge in [0.15, 0.2) is 0 Å². The van der Waals surface area contributed by atoms with Crippen LogP contribution in [0.3, 0.4) is 0 Å². The highest BCUT2D eigenvalue weighted by Gasteiger charge is 2.20.